The van der Waals surface area contributed by atoms with Gasteiger partial charge in [0.25, 0.3) is 0 Å². The molecule has 2 fully saturated rings. The Labute approximate surface area is 126 Å². The Kier molecular flexibility index (Phi) is 4.84. The van der Waals surface area contributed by atoms with Gasteiger partial charge in [0, 0.05) is 24.8 Å². The van der Waals surface area contributed by atoms with Crippen molar-refractivity contribution < 1.29 is 9.47 Å². The van der Waals surface area contributed by atoms with Gasteiger partial charge in [0.2, 0.25) is 0 Å². The average molecular weight is 285 g/mol. The van der Waals surface area contributed by atoms with Crippen molar-refractivity contribution in [3.8, 4) is 0 Å². The molecule has 1 atom stereocenters. The summed E-state index contributed by atoms with van der Waals surface area (Å²) in [6.07, 6.45) is 11.6. The first-order valence-corrected chi connectivity index (χ1v) is 7.90. The largest absolute Gasteiger partial charge is 0.347 e. The van der Waals surface area contributed by atoms with Gasteiger partial charge in [-0.3, -0.25) is 4.99 Å². The summed E-state index contributed by atoms with van der Waals surface area (Å²) in [6.45, 7) is 1.48. The van der Waals surface area contributed by atoms with Crippen LogP contribution in [0.5, 0.6) is 0 Å². The van der Waals surface area contributed by atoms with E-state index in [1.807, 2.05) is 42.7 Å². The normalized spacial score (nSPS) is 25.2. The lowest BCUT2D eigenvalue weighted by atomic mass is 9.81. The van der Waals surface area contributed by atoms with Crippen LogP contribution in [0, 0.1) is 5.92 Å². The molecule has 1 saturated carbocycles. The van der Waals surface area contributed by atoms with E-state index in [1.165, 1.54) is 19.3 Å². The highest BCUT2D eigenvalue weighted by Gasteiger charge is 2.44. The van der Waals surface area contributed by atoms with E-state index in [-0.39, 0.29) is 5.79 Å². The number of nitrogens with zero attached hydrogens (tertiary/aromatic N) is 1. The molecule has 1 aromatic carbocycles. The monoisotopic (exact) mass is 285 g/mol. The van der Waals surface area contributed by atoms with Crippen molar-refractivity contribution in [2.24, 2.45) is 10.9 Å². The molecule has 0 N–H and O–H groups in total. The molecule has 1 saturated heterocycles. The van der Waals surface area contributed by atoms with Crippen LogP contribution in [0.25, 0.3) is 0 Å². The van der Waals surface area contributed by atoms with Crippen molar-refractivity contribution in [3.63, 3.8) is 0 Å². The zero-order chi connectivity index (χ0) is 14.4. The van der Waals surface area contributed by atoms with Crippen molar-refractivity contribution in [1.82, 2.24) is 0 Å². The number of ether oxygens (including phenoxy) is 2. The second kappa shape index (κ2) is 7.01. The molecule has 21 heavy (non-hydrogen) atoms. The molecule has 0 bridgehead atoms. The molecule has 3 heteroatoms. The molecular formula is C18H23NO2. The third-order valence-corrected chi connectivity index (χ3v) is 4.36. The van der Waals surface area contributed by atoms with Crippen LogP contribution in [0.1, 0.15) is 37.7 Å². The summed E-state index contributed by atoms with van der Waals surface area (Å²) in [6, 6.07) is 10.1. The van der Waals surface area contributed by atoms with E-state index in [0.29, 0.717) is 5.92 Å². The summed E-state index contributed by atoms with van der Waals surface area (Å²) in [5.74, 6) is 0.170. The first-order chi connectivity index (χ1) is 10.4. The Morgan fingerprint density at radius 1 is 1.14 bits per heavy atom. The van der Waals surface area contributed by atoms with E-state index in [4.69, 9.17) is 9.47 Å². The van der Waals surface area contributed by atoms with Gasteiger partial charge in [0.05, 0.1) is 13.2 Å². The van der Waals surface area contributed by atoms with Crippen LogP contribution in [0.15, 0.2) is 47.6 Å². The molecule has 3 nitrogen and oxygen atoms in total. The minimum Gasteiger partial charge on any atom is -0.347 e. The zero-order valence-corrected chi connectivity index (χ0v) is 12.4. The molecule has 1 aliphatic carbocycles. The standard InChI is InChI=1S/C18H23NO2/c1-2-7-16(8-3-1)15-19-12-6-10-17-9-4-5-11-18(17)20-13-14-21-18/h1-3,6-8,12,15,17H,4-5,9-11,13-14H2/b12-6+,19-15?. The molecule has 1 heterocycles. The van der Waals surface area contributed by atoms with Gasteiger partial charge in [-0.15, -0.1) is 0 Å². The maximum absolute atomic E-state index is 5.93. The van der Waals surface area contributed by atoms with Gasteiger partial charge in [0.15, 0.2) is 5.79 Å². The summed E-state index contributed by atoms with van der Waals surface area (Å²) in [4.78, 5) is 4.35. The number of hydrogen-bond acceptors (Lipinski definition) is 3. The van der Waals surface area contributed by atoms with Gasteiger partial charge >= 0.3 is 0 Å². The van der Waals surface area contributed by atoms with Crippen LogP contribution < -0.4 is 0 Å². The molecule has 2 aliphatic rings. The number of benzene rings is 1. The predicted octanol–water partition coefficient (Wildman–Crippen LogP) is 3.94. The molecule has 3 rings (SSSR count). The maximum atomic E-state index is 5.93. The minimum absolute atomic E-state index is 0.300. The van der Waals surface area contributed by atoms with Crippen LogP contribution in [0.3, 0.4) is 0 Å². The second-order valence-electron chi connectivity index (χ2n) is 5.76. The predicted molar refractivity (Wildman–Crippen MR) is 84.4 cm³/mol. The van der Waals surface area contributed by atoms with Gasteiger partial charge in [-0.2, -0.15) is 0 Å². The molecule has 1 spiro atoms. The number of hydrogen-bond donors (Lipinski definition) is 0. The molecule has 0 radical (unpaired) electrons. The van der Waals surface area contributed by atoms with Gasteiger partial charge in [-0.25, -0.2) is 0 Å². The first-order valence-electron chi connectivity index (χ1n) is 7.90. The van der Waals surface area contributed by atoms with E-state index >= 15 is 0 Å². The summed E-state index contributed by atoms with van der Waals surface area (Å²) in [5.41, 5.74) is 1.12. The Hall–Kier alpha value is -1.45. The van der Waals surface area contributed by atoms with Crippen molar-refractivity contribution in [1.29, 1.82) is 0 Å². The van der Waals surface area contributed by atoms with Crippen molar-refractivity contribution in [2.45, 2.75) is 37.9 Å². The smallest absolute Gasteiger partial charge is 0.171 e. The lowest BCUT2D eigenvalue weighted by Gasteiger charge is -2.38. The fourth-order valence-corrected chi connectivity index (χ4v) is 3.29. The van der Waals surface area contributed by atoms with Gasteiger partial charge in [0.1, 0.15) is 0 Å². The van der Waals surface area contributed by atoms with Gasteiger partial charge in [-0.05, 0) is 24.8 Å². The summed E-state index contributed by atoms with van der Waals surface area (Å²) >= 11 is 0. The van der Waals surface area contributed by atoms with E-state index in [9.17, 15) is 0 Å². The lowest BCUT2D eigenvalue weighted by molar-refractivity contribution is -0.211. The molecule has 0 aromatic heterocycles. The third-order valence-electron chi connectivity index (χ3n) is 4.36. The summed E-state index contributed by atoms with van der Waals surface area (Å²) < 4.78 is 11.9. The van der Waals surface area contributed by atoms with Crippen LogP contribution in [-0.4, -0.2) is 25.2 Å². The topological polar surface area (TPSA) is 30.8 Å². The average Bonchev–Trinajstić information content (AvgIpc) is 2.99. The van der Waals surface area contributed by atoms with Crippen molar-refractivity contribution >= 4 is 6.21 Å². The highest BCUT2D eigenvalue weighted by atomic mass is 16.7. The summed E-state index contributed by atoms with van der Waals surface area (Å²) in [7, 11) is 0. The Balaban J connectivity index is 1.54. The number of allylic oxidation sites excluding steroid dienone is 1. The molecule has 1 aromatic rings. The van der Waals surface area contributed by atoms with Crippen LogP contribution in [-0.2, 0) is 9.47 Å². The lowest BCUT2D eigenvalue weighted by Crippen LogP contribution is -2.41. The zero-order valence-electron chi connectivity index (χ0n) is 12.4. The Morgan fingerprint density at radius 2 is 1.95 bits per heavy atom. The molecule has 0 amide bonds. The summed E-state index contributed by atoms with van der Waals surface area (Å²) in [5, 5.41) is 0. The van der Waals surface area contributed by atoms with Gasteiger partial charge < -0.3 is 9.47 Å². The quantitative estimate of drug-likeness (QED) is 0.784. The molecular weight excluding hydrogens is 262 g/mol. The minimum atomic E-state index is -0.300. The Morgan fingerprint density at radius 3 is 2.76 bits per heavy atom. The Bertz CT molecular complexity index is 489. The maximum Gasteiger partial charge on any atom is 0.171 e. The van der Waals surface area contributed by atoms with E-state index in [2.05, 4.69) is 11.1 Å². The SMILES string of the molecule is C(=N/C=C/CC1CCCCC12OCCO2)c1ccccc1. The fourth-order valence-electron chi connectivity index (χ4n) is 3.29. The highest BCUT2D eigenvalue weighted by Crippen LogP contribution is 2.42. The second-order valence-corrected chi connectivity index (χ2v) is 5.76. The van der Waals surface area contributed by atoms with Crippen molar-refractivity contribution in [3.05, 3.63) is 48.2 Å². The highest BCUT2D eigenvalue weighted by molar-refractivity contribution is 5.79. The fraction of sp³-hybridized carbons (Fsp3) is 0.500. The molecule has 1 unspecified atom stereocenters. The van der Waals surface area contributed by atoms with E-state index < -0.39 is 0 Å². The van der Waals surface area contributed by atoms with Gasteiger partial charge in [-0.1, -0.05) is 42.8 Å². The van der Waals surface area contributed by atoms with Crippen molar-refractivity contribution in [2.75, 3.05) is 13.2 Å². The third kappa shape index (κ3) is 3.60. The first kappa shape index (κ1) is 14.5. The number of aliphatic imine (C=N–C) groups is 1. The van der Waals surface area contributed by atoms with Crippen LogP contribution >= 0.6 is 0 Å². The van der Waals surface area contributed by atoms with E-state index in [0.717, 1.165) is 31.6 Å². The number of rotatable bonds is 4. The molecule has 1 aliphatic heterocycles. The van der Waals surface area contributed by atoms with Crippen LogP contribution in [0.4, 0.5) is 0 Å². The molecule has 112 valence electrons. The van der Waals surface area contributed by atoms with E-state index in [1.54, 1.807) is 0 Å². The van der Waals surface area contributed by atoms with Crippen LogP contribution in [0.2, 0.25) is 0 Å².